The van der Waals surface area contributed by atoms with Crippen LogP contribution in [0.15, 0.2) is 534 Å². The van der Waals surface area contributed by atoms with Crippen molar-refractivity contribution in [2.24, 2.45) is 0 Å². The van der Waals surface area contributed by atoms with Gasteiger partial charge in [0, 0.05) is 113 Å². The van der Waals surface area contributed by atoms with Crippen LogP contribution in [0.4, 0.5) is 34.1 Å². The van der Waals surface area contributed by atoms with Crippen molar-refractivity contribution in [2.45, 2.75) is 0 Å². The Balaban J connectivity index is 0.000000143. The van der Waals surface area contributed by atoms with E-state index in [0.29, 0.717) is 0 Å². The first kappa shape index (κ1) is 84.0. The van der Waals surface area contributed by atoms with Crippen LogP contribution in [0.2, 0.25) is 0 Å². The summed E-state index contributed by atoms with van der Waals surface area (Å²) < 4.78 is 4.77. The summed E-state index contributed by atoms with van der Waals surface area (Å²) >= 11 is 0. The van der Waals surface area contributed by atoms with Gasteiger partial charge in [0.15, 0.2) is 0 Å². The number of aromatic nitrogens is 6. The molecule has 6 heterocycles. The van der Waals surface area contributed by atoms with Crippen molar-refractivity contribution >= 4 is 164 Å². The lowest BCUT2D eigenvalue weighted by molar-refractivity contribution is 1.17. The van der Waals surface area contributed by atoms with Crippen molar-refractivity contribution in [1.82, 2.24) is 29.1 Å². The number of hydrogen-bond acceptors (Lipinski definition) is 6. The maximum absolute atomic E-state index is 4.73. The van der Waals surface area contributed by atoms with Gasteiger partial charge in [0.25, 0.3) is 0 Å². The number of benzene rings is 22. The molecule has 0 atom stereocenters. The minimum absolute atomic E-state index is 0.979. The van der Waals surface area contributed by atoms with Crippen LogP contribution in [-0.2, 0) is 0 Å². The first-order valence-electron chi connectivity index (χ1n) is 49.1. The summed E-state index contributed by atoms with van der Waals surface area (Å²) in [6, 6.07) is 185. The molecule has 0 aliphatic carbocycles. The molecular weight excluding hydrogens is 1750 g/mol. The molecule has 8 heteroatoms. The molecule has 22 aromatic carbocycles. The standard InChI is InChI=1S/2C68H44N4/c1-2-21-53(22-3-1)71(54-35-37-55(38-36-54)72-63-28-8-6-23-56(63)57-24-7-9-29-64(57)72)65-30-12-27-60-66(51-17-10-15-47(41-51)49-33-31-45-19-13-39-69-61(45)43-49)58-25-4-5-26-59(58)67(68(60)65)52-18-11-16-48(42-52)50-34-32-46-20-14-40-70-62(46)44-50;1-2-20-53(21-3-1)71(54-32-34-55(35-33-54)72-65-26-8-6-22-57(65)58-23-7-9-27-66(58)72)56-36-37-61-62(44-56)68(52-17-11-15-48(41-52)50-31-29-46-19-13-39-70-64(46)43-50)60-25-5-4-24-59(60)67(61)51-16-10-14-47(40-51)49-30-28-45-18-12-38-69-63(45)42-49/h2*1-44H. The fourth-order valence-electron chi connectivity index (χ4n) is 22.3. The predicted octanol–water partition coefficient (Wildman–Crippen LogP) is 36.6. The van der Waals surface area contributed by atoms with Gasteiger partial charge in [-0.1, -0.05) is 322 Å². The van der Waals surface area contributed by atoms with E-state index in [-0.39, 0.29) is 0 Å². The molecule has 6 aromatic heterocycles. The lowest BCUT2D eigenvalue weighted by Gasteiger charge is -2.29. The highest BCUT2D eigenvalue weighted by Crippen LogP contribution is 2.54. The van der Waals surface area contributed by atoms with Gasteiger partial charge in [0.1, 0.15) is 0 Å². The summed E-state index contributed by atoms with van der Waals surface area (Å²) in [6.45, 7) is 0. The molecule has 0 amide bonds. The second kappa shape index (κ2) is 35.6. The van der Waals surface area contributed by atoms with Crippen molar-refractivity contribution in [3.8, 4) is 100 Å². The molecule has 144 heavy (non-hydrogen) atoms. The van der Waals surface area contributed by atoms with Gasteiger partial charge in [-0.25, -0.2) is 0 Å². The second-order valence-electron chi connectivity index (χ2n) is 37.1. The van der Waals surface area contributed by atoms with Crippen LogP contribution in [0.25, 0.3) is 231 Å². The molecule has 0 radical (unpaired) electrons. The van der Waals surface area contributed by atoms with E-state index in [2.05, 4.69) is 504 Å². The molecule has 0 aliphatic heterocycles. The molecule has 672 valence electrons. The van der Waals surface area contributed by atoms with E-state index < -0.39 is 0 Å². The minimum atomic E-state index is 0.979. The molecule has 0 bridgehead atoms. The molecule has 0 saturated heterocycles. The van der Waals surface area contributed by atoms with Gasteiger partial charge >= 0.3 is 0 Å². The smallest absolute Gasteiger partial charge is 0.0708 e. The summed E-state index contributed by atoms with van der Waals surface area (Å²) in [5.74, 6) is 0. The third kappa shape index (κ3) is 14.9. The zero-order valence-corrected chi connectivity index (χ0v) is 78.4. The van der Waals surface area contributed by atoms with E-state index in [4.69, 9.17) is 19.9 Å². The maximum Gasteiger partial charge on any atom is 0.0708 e. The quantitative estimate of drug-likeness (QED) is 0.0898. The van der Waals surface area contributed by atoms with E-state index in [9.17, 15) is 0 Å². The van der Waals surface area contributed by atoms with Gasteiger partial charge < -0.3 is 18.9 Å². The lowest BCUT2D eigenvalue weighted by atomic mass is 9.84. The average Bonchev–Trinajstić information content (AvgIpc) is 1.06. The Bertz CT molecular complexity index is 9690. The Morgan fingerprint density at radius 1 is 0.153 bits per heavy atom. The molecule has 0 spiro atoms. The molecule has 0 aliphatic rings. The molecule has 0 N–H and O–H groups in total. The number of rotatable bonds is 16. The summed E-state index contributed by atoms with van der Waals surface area (Å²) in [6.07, 6.45) is 7.47. The van der Waals surface area contributed by atoms with Crippen LogP contribution in [0.5, 0.6) is 0 Å². The number of pyridine rings is 4. The normalized spacial score (nSPS) is 11.6. The Labute approximate surface area is 832 Å². The van der Waals surface area contributed by atoms with Crippen LogP contribution in [0.1, 0.15) is 0 Å². The van der Waals surface area contributed by atoms with Crippen molar-refractivity contribution in [3.63, 3.8) is 0 Å². The summed E-state index contributed by atoms with van der Waals surface area (Å²) in [5.41, 5.74) is 35.8. The fourth-order valence-corrected chi connectivity index (χ4v) is 22.3. The summed E-state index contributed by atoms with van der Waals surface area (Å²) in [7, 11) is 0. The Morgan fingerprint density at radius 2 is 0.424 bits per heavy atom. The molecule has 0 fully saturated rings. The number of nitrogens with zero attached hydrogens (tertiary/aromatic N) is 8. The van der Waals surface area contributed by atoms with Gasteiger partial charge in [-0.15, -0.1) is 0 Å². The Morgan fingerprint density at radius 3 is 0.806 bits per heavy atom. The largest absolute Gasteiger partial charge is 0.310 e. The number of para-hydroxylation sites is 6. The maximum atomic E-state index is 4.73. The molecule has 28 aromatic rings. The topological polar surface area (TPSA) is 67.9 Å². The SMILES string of the molecule is c1ccc(N(c2ccc(-n3c4ccccc4c4ccccc43)cc2)c2ccc3c(-c4cccc(-c5ccc6cccnc6c5)c4)c4ccccc4c(-c4cccc(-c5ccc6cccnc6c5)c4)c3c2)cc1.c1ccc(N(c2ccc(-n3c4ccccc4c4ccccc43)cc2)c2cccc3c(-c4cccc(-c5ccc6cccnc6c5)c4)c4ccccc4c(-c4cccc(-c5ccc6cccnc6c5)c4)c23)cc1. The summed E-state index contributed by atoms with van der Waals surface area (Å²) in [5, 5.41) is 18.9. The van der Waals surface area contributed by atoms with E-state index in [0.717, 1.165) is 156 Å². The zero-order valence-electron chi connectivity index (χ0n) is 78.4. The van der Waals surface area contributed by atoms with Gasteiger partial charge in [-0.05, 0) is 315 Å². The molecule has 0 saturated carbocycles. The second-order valence-corrected chi connectivity index (χ2v) is 37.1. The fraction of sp³-hybridized carbons (Fsp3) is 0. The van der Waals surface area contributed by atoms with E-state index in [1.165, 1.54) is 109 Å². The Kier molecular flexibility index (Phi) is 20.8. The number of anilines is 6. The lowest BCUT2D eigenvalue weighted by Crippen LogP contribution is -2.11. The average molecular weight is 1830 g/mol. The van der Waals surface area contributed by atoms with Crippen molar-refractivity contribution in [1.29, 1.82) is 0 Å². The van der Waals surface area contributed by atoms with Crippen LogP contribution in [0, 0.1) is 0 Å². The summed E-state index contributed by atoms with van der Waals surface area (Å²) in [4.78, 5) is 23.7. The third-order valence-corrected chi connectivity index (χ3v) is 28.8. The zero-order chi connectivity index (χ0) is 95.1. The predicted molar refractivity (Wildman–Crippen MR) is 606 cm³/mol. The highest BCUT2D eigenvalue weighted by atomic mass is 15.2. The highest BCUT2D eigenvalue weighted by molar-refractivity contribution is 6.27. The van der Waals surface area contributed by atoms with Crippen LogP contribution in [0.3, 0.4) is 0 Å². The van der Waals surface area contributed by atoms with Gasteiger partial charge in [0.2, 0.25) is 0 Å². The van der Waals surface area contributed by atoms with Crippen molar-refractivity contribution < 1.29 is 0 Å². The van der Waals surface area contributed by atoms with Crippen LogP contribution in [-0.4, -0.2) is 29.1 Å². The molecule has 28 rings (SSSR count). The Hall–Kier alpha value is -19.3. The van der Waals surface area contributed by atoms with Gasteiger partial charge in [0.05, 0.1) is 49.8 Å². The first-order chi connectivity index (χ1) is 71.4. The minimum Gasteiger partial charge on any atom is -0.310 e. The van der Waals surface area contributed by atoms with E-state index >= 15 is 0 Å². The van der Waals surface area contributed by atoms with Crippen molar-refractivity contribution in [3.05, 3.63) is 534 Å². The van der Waals surface area contributed by atoms with Gasteiger partial charge in [-0.3, -0.25) is 19.9 Å². The molecule has 8 nitrogen and oxygen atoms in total. The first-order valence-corrected chi connectivity index (χ1v) is 49.1. The monoisotopic (exact) mass is 1830 g/mol. The third-order valence-electron chi connectivity index (χ3n) is 28.8. The number of fused-ring (bicyclic) bond motifs is 14. The van der Waals surface area contributed by atoms with Gasteiger partial charge in [-0.2, -0.15) is 0 Å². The van der Waals surface area contributed by atoms with Crippen molar-refractivity contribution in [2.75, 3.05) is 9.80 Å². The van der Waals surface area contributed by atoms with E-state index in [1.807, 2.05) is 49.1 Å². The highest BCUT2D eigenvalue weighted by Gasteiger charge is 2.28. The van der Waals surface area contributed by atoms with Crippen LogP contribution < -0.4 is 9.80 Å². The van der Waals surface area contributed by atoms with Crippen LogP contribution >= 0.6 is 0 Å². The van der Waals surface area contributed by atoms with E-state index in [1.54, 1.807) is 0 Å². The number of hydrogen-bond donors (Lipinski definition) is 0. The molecular formula is C136H88N8. The molecule has 0 unspecified atom stereocenters.